The Balaban J connectivity index is 1.45. The second-order valence-corrected chi connectivity index (χ2v) is 11.6. The maximum Gasteiger partial charge on any atom is 0.401 e. The van der Waals surface area contributed by atoms with Crippen LogP contribution < -0.4 is 0 Å². The highest BCUT2D eigenvalue weighted by Crippen LogP contribution is 2.37. The van der Waals surface area contributed by atoms with Gasteiger partial charge in [0, 0.05) is 46.1 Å². The van der Waals surface area contributed by atoms with Crippen molar-refractivity contribution in [3.63, 3.8) is 0 Å². The first-order chi connectivity index (χ1) is 17.7. The lowest BCUT2D eigenvalue weighted by molar-refractivity contribution is -0.106. The first-order valence-corrected chi connectivity index (χ1v) is 13.9. The molecule has 4 nitrogen and oxygen atoms in total. The van der Waals surface area contributed by atoms with Gasteiger partial charge in [0.1, 0.15) is 16.7 Å². The third kappa shape index (κ3) is 6.03. The first-order valence-electron chi connectivity index (χ1n) is 11.9. The van der Waals surface area contributed by atoms with Crippen molar-refractivity contribution in [1.29, 1.82) is 0 Å². The molecule has 3 aromatic carbocycles. The maximum atomic E-state index is 12.7. The van der Waals surface area contributed by atoms with Crippen molar-refractivity contribution in [3.8, 4) is 0 Å². The highest BCUT2D eigenvalue weighted by molar-refractivity contribution is 7.82. The van der Waals surface area contributed by atoms with E-state index in [1.54, 1.807) is 0 Å². The lowest BCUT2D eigenvalue weighted by Gasteiger charge is -2.30. The fourth-order valence-electron chi connectivity index (χ4n) is 5.01. The number of fused-ring (bicyclic) bond motifs is 1. The van der Waals surface area contributed by atoms with E-state index >= 15 is 0 Å². The summed E-state index contributed by atoms with van der Waals surface area (Å²) in [5, 5.41) is 9.96. The lowest BCUT2D eigenvalue weighted by atomic mass is 9.84. The molecule has 0 amide bonds. The summed E-state index contributed by atoms with van der Waals surface area (Å²) in [6.45, 7) is 0.678. The number of aromatic nitrogens is 2. The van der Waals surface area contributed by atoms with Crippen molar-refractivity contribution in [2.75, 3.05) is 18.8 Å². The Kier molecular flexibility index (Phi) is 7.63. The van der Waals surface area contributed by atoms with Crippen LogP contribution in [0.1, 0.15) is 47.1 Å². The van der Waals surface area contributed by atoms with Crippen LogP contribution in [-0.2, 0) is 11.0 Å². The van der Waals surface area contributed by atoms with Gasteiger partial charge >= 0.3 is 6.18 Å². The van der Waals surface area contributed by atoms with Crippen LogP contribution in [0.3, 0.4) is 0 Å². The number of benzene rings is 3. The Morgan fingerprint density at radius 1 is 0.919 bits per heavy atom. The average Bonchev–Trinajstić information content (AvgIpc) is 3.29. The zero-order chi connectivity index (χ0) is 26.2. The van der Waals surface area contributed by atoms with Gasteiger partial charge in [0.2, 0.25) is 0 Å². The van der Waals surface area contributed by atoms with Gasteiger partial charge < -0.3 is 0 Å². The Morgan fingerprint density at radius 3 is 2.00 bits per heavy atom. The van der Waals surface area contributed by atoms with Gasteiger partial charge in [0.25, 0.3) is 0 Å². The SMILES string of the molecule is O=S(CC(F)(F)F)N1CCC(c2[nH]nc3ccc(C(c4ccc(Cl)cc4)c4ccc(Cl)cc4)cc23)CC1. The van der Waals surface area contributed by atoms with Crippen molar-refractivity contribution in [1.82, 2.24) is 14.5 Å². The molecule has 37 heavy (non-hydrogen) atoms. The summed E-state index contributed by atoms with van der Waals surface area (Å²) in [4.78, 5) is 0. The second kappa shape index (κ2) is 10.8. The van der Waals surface area contributed by atoms with Gasteiger partial charge in [-0.15, -0.1) is 0 Å². The highest BCUT2D eigenvalue weighted by atomic mass is 35.5. The molecule has 2 heterocycles. The van der Waals surface area contributed by atoms with Crippen LogP contribution in [0.4, 0.5) is 13.2 Å². The van der Waals surface area contributed by atoms with Crippen LogP contribution >= 0.6 is 23.2 Å². The molecule has 1 saturated heterocycles. The minimum atomic E-state index is -4.44. The third-order valence-corrected chi connectivity index (χ3v) is 8.80. The van der Waals surface area contributed by atoms with E-state index in [0.29, 0.717) is 36.0 Å². The Labute approximate surface area is 225 Å². The van der Waals surface area contributed by atoms with E-state index in [1.807, 2.05) is 54.6 Å². The zero-order valence-electron chi connectivity index (χ0n) is 19.6. The normalized spacial score (nSPS) is 16.5. The number of nitrogens with one attached hydrogen (secondary N) is 1. The van der Waals surface area contributed by atoms with E-state index in [0.717, 1.165) is 33.3 Å². The quantitative estimate of drug-likeness (QED) is 0.247. The molecule has 4 aromatic rings. The molecule has 194 valence electrons. The second-order valence-electron chi connectivity index (χ2n) is 9.23. The van der Waals surface area contributed by atoms with Crippen LogP contribution in [0.25, 0.3) is 10.9 Å². The van der Waals surface area contributed by atoms with Crippen LogP contribution in [0.2, 0.25) is 10.0 Å². The van der Waals surface area contributed by atoms with Crippen LogP contribution in [0.15, 0.2) is 66.7 Å². The minimum absolute atomic E-state index is 0.0617. The molecule has 1 unspecified atom stereocenters. The van der Waals surface area contributed by atoms with Crippen molar-refractivity contribution >= 4 is 45.1 Å². The van der Waals surface area contributed by atoms with Crippen LogP contribution in [-0.4, -0.2) is 43.7 Å². The van der Waals surface area contributed by atoms with Gasteiger partial charge in [0.05, 0.1) is 5.52 Å². The lowest BCUT2D eigenvalue weighted by Crippen LogP contribution is -2.38. The molecule has 5 rings (SSSR count). The number of rotatable bonds is 6. The van der Waals surface area contributed by atoms with E-state index < -0.39 is 22.9 Å². The summed E-state index contributed by atoms with van der Waals surface area (Å²) in [7, 11) is -2.06. The molecular weight excluding hydrogens is 542 g/mol. The van der Waals surface area contributed by atoms with Gasteiger partial charge in [-0.25, -0.2) is 8.51 Å². The number of halogens is 5. The van der Waals surface area contributed by atoms with Crippen LogP contribution in [0, 0.1) is 0 Å². The molecule has 0 spiro atoms. The number of hydrogen-bond donors (Lipinski definition) is 1. The standard InChI is InChI=1S/C27H24Cl2F3N3OS/c28-21-6-1-17(2-7-21)25(18-3-8-22(29)9-4-18)20-5-10-24-23(15-20)26(34-33-24)19-11-13-35(14-12-19)37(36)16-27(30,31)32/h1-10,15,19,25H,11-14,16H2,(H,33,34). The molecule has 1 aliphatic rings. The maximum absolute atomic E-state index is 12.7. The van der Waals surface area contributed by atoms with Gasteiger partial charge in [-0.1, -0.05) is 53.5 Å². The van der Waals surface area contributed by atoms with Gasteiger partial charge in [-0.2, -0.15) is 18.3 Å². The average molecular weight is 566 g/mol. The van der Waals surface area contributed by atoms with Crippen LogP contribution in [0.5, 0.6) is 0 Å². The molecule has 1 aliphatic heterocycles. The van der Waals surface area contributed by atoms with Crippen molar-refractivity contribution in [2.45, 2.75) is 30.9 Å². The highest BCUT2D eigenvalue weighted by Gasteiger charge is 2.35. The minimum Gasteiger partial charge on any atom is -0.281 e. The summed E-state index contributed by atoms with van der Waals surface area (Å²) in [6.07, 6.45) is -3.24. The third-order valence-electron chi connectivity index (χ3n) is 6.78. The predicted octanol–water partition coefficient (Wildman–Crippen LogP) is 7.46. The molecule has 0 saturated carbocycles. The summed E-state index contributed by atoms with van der Waals surface area (Å²) in [6, 6.07) is 21.7. The number of H-pyrrole nitrogens is 1. The predicted molar refractivity (Wildman–Crippen MR) is 143 cm³/mol. The molecule has 0 aliphatic carbocycles. The fourth-order valence-corrected chi connectivity index (χ4v) is 6.34. The number of piperidine rings is 1. The molecule has 10 heteroatoms. The van der Waals surface area contributed by atoms with E-state index in [9.17, 15) is 17.4 Å². The largest absolute Gasteiger partial charge is 0.401 e. The van der Waals surface area contributed by atoms with E-state index in [4.69, 9.17) is 23.2 Å². The van der Waals surface area contributed by atoms with E-state index in [2.05, 4.69) is 22.3 Å². The van der Waals surface area contributed by atoms with Gasteiger partial charge in [-0.3, -0.25) is 5.10 Å². The number of alkyl halides is 3. The van der Waals surface area contributed by atoms with Crippen molar-refractivity contribution < 1.29 is 17.4 Å². The molecule has 1 N–H and O–H groups in total. The Morgan fingerprint density at radius 2 is 1.46 bits per heavy atom. The van der Waals surface area contributed by atoms with Crippen molar-refractivity contribution in [3.05, 3.63) is 99.2 Å². The molecule has 1 fully saturated rings. The summed E-state index contributed by atoms with van der Waals surface area (Å²) in [5.41, 5.74) is 5.02. The van der Waals surface area contributed by atoms with Crippen molar-refractivity contribution in [2.24, 2.45) is 0 Å². The van der Waals surface area contributed by atoms with Gasteiger partial charge in [-0.05, 0) is 65.9 Å². The Hall–Kier alpha value is -2.39. The number of hydrogen-bond acceptors (Lipinski definition) is 2. The van der Waals surface area contributed by atoms with E-state index in [-0.39, 0.29) is 11.8 Å². The topological polar surface area (TPSA) is 49.0 Å². The monoisotopic (exact) mass is 565 g/mol. The molecular formula is C27H24Cl2F3N3OS. The fraction of sp³-hybridized carbons (Fsp3) is 0.296. The molecule has 1 atom stereocenters. The Bertz CT molecular complexity index is 1350. The number of aromatic amines is 1. The molecule has 0 bridgehead atoms. The van der Waals surface area contributed by atoms with Gasteiger partial charge in [0.15, 0.2) is 0 Å². The molecule has 0 radical (unpaired) electrons. The smallest absolute Gasteiger partial charge is 0.281 e. The summed E-state index contributed by atoms with van der Waals surface area (Å²) >= 11 is 12.3. The molecule has 1 aromatic heterocycles. The zero-order valence-corrected chi connectivity index (χ0v) is 22.0. The van der Waals surface area contributed by atoms with E-state index in [1.165, 1.54) is 4.31 Å². The first kappa shape index (κ1) is 26.2. The summed E-state index contributed by atoms with van der Waals surface area (Å²) in [5.74, 6) is -1.28. The number of nitrogens with zero attached hydrogens (tertiary/aromatic N) is 2. The summed E-state index contributed by atoms with van der Waals surface area (Å²) < 4.78 is 51.6.